The van der Waals surface area contributed by atoms with E-state index in [4.69, 9.17) is 0 Å². The topological polar surface area (TPSA) is 52.6 Å². The van der Waals surface area contributed by atoms with E-state index in [1.54, 1.807) is 6.92 Å². The monoisotopic (exact) mass is 329 g/mol. The fourth-order valence-corrected chi connectivity index (χ4v) is 2.76. The number of amides is 2. The predicted octanol–water partition coefficient (Wildman–Crippen LogP) is 1.76. The van der Waals surface area contributed by atoms with Crippen molar-refractivity contribution >= 4 is 17.9 Å². The van der Waals surface area contributed by atoms with Crippen molar-refractivity contribution in [3.63, 3.8) is 0 Å². The number of benzene rings is 1. The molecule has 1 heterocycles. The molecule has 1 aromatic carbocycles. The normalized spacial score (nSPS) is 16.1. The maximum Gasteiger partial charge on any atom is 0.246 e. The highest BCUT2D eigenvalue weighted by Gasteiger charge is 2.19. The fraction of sp³-hybridized carbons (Fsp3) is 0.474. The van der Waals surface area contributed by atoms with Crippen molar-refractivity contribution in [3.8, 4) is 0 Å². The number of nitrogens with one attached hydrogen (secondary N) is 1. The molecule has 0 spiro atoms. The van der Waals surface area contributed by atoms with Crippen molar-refractivity contribution in [3.05, 3.63) is 41.5 Å². The summed E-state index contributed by atoms with van der Waals surface area (Å²) in [7, 11) is 0. The van der Waals surface area contributed by atoms with Crippen LogP contribution in [-0.2, 0) is 9.59 Å². The van der Waals surface area contributed by atoms with Crippen molar-refractivity contribution in [1.29, 1.82) is 0 Å². The summed E-state index contributed by atoms with van der Waals surface area (Å²) in [4.78, 5) is 28.5. The first-order valence-electron chi connectivity index (χ1n) is 8.62. The molecular weight excluding hydrogens is 302 g/mol. The van der Waals surface area contributed by atoms with Gasteiger partial charge in [0.05, 0.1) is 0 Å². The third-order valence-electron chi connectivity index (χ3n) is 4.34. The molecule has 5 nitrogen and oxygen atoms in total. The summed E-state index contributed by atoms with van der Waals surface area (Å²) in [6, 6.07) is 9.73. The standard InChI is InChI=1S/C19H27N3O2/c1-3-21-11-13-22(14-12-21)18(23)9-10-20-19(24)16(2)15-17-7-5-4-6-8-17/h4-8,15H,3,9-14H2,1-2H3,(H,20,24)/b16-15+. The van der Waals surface area contributed by atoms with Gasteiger partial charge in [-0.05, 0) is 25.1 Å². The molecule has 0 aliphatic carbocycles. The van der Waals surface area contributed by atoms with E-state index in [-0.39, 0.29) is 11.8 Å². The SMILES string of the molecule is CCN1CCN(C(=O)CCNC(=O)/C(C)=C/c2ccccc2)CC1. The average molecular weight is 329 g/mol. The molecule has 5 heteroatoms. The number of carbonyl (C=O) groups is 2. The summed E-state index contributed by atoms with van der Waals surface area (Å²) in [5.41, 5.74) is 1.64. The largest absolute Gasteiger partial charge is 0.352 e. The molecular formula is C19H27N3O2. The van der Waals surface area contributed by atoms with Gasteiger partial charge in [0.25, 0.3) is 0 Å². The van der Waals surface area contributed by atoms with Gasteiger partial charge in [-0.1, -0.05) is 37.3 Å². The summed E-state index contributed by atoms with van der Waals surface area (Å²) < 4.78 is 0. The van der Waals surface area contributed by atoms with Crippen LogP contribution in [0.4, 0.5) is 0 Å². The van der Waals surface area contributed by atoms with Crippen molar-refractivity contribution in [2.24, 2.45) is 0 Å². The molecule has 0 atom stereocenters. The second kappa shape index (κ2) is 9.23. The Bertz CT molecular complexity index is 576. The van der Waals surface area contributed by atoms with Crippen molar-refractivity contribution in [2.75, 3.05) is 39.3 Å². The third kappa shape index (κ3) is 5.49. The molecule has 2 rings (SSSR count). The quantitative estimate of drug-likeness (QED) is 0.809. The van der Waals surface area contributed by atoms with E-state index < -0.39 is 0 Å². The maximum atomic E-state index is 12.2. The minimum absolute atomic E-state index is 0.121. The van der Waals surface area contributed by atoms with Crippen LogP contribution in [-0.4, -0.2) is 60.9 Å². The Hall–Kier alpha value is -2.14. The van der Waals surface area contributed by atoms with Gasteiger partial charge in [0.15, 0.2) is 0 Å². The van der Waals surface area contributed by atoms with Crippen LogP contribution in [0.3, 0.4) is 0 Å². The zero-order valence-electron chi connectivity index (χ0n) is 14.6. The van der Waals surface area contributed by atoms with E-state index in [9.17, 15) is 9.59 Å². The van der Waals surface area contributed by atoms with Gasteiger partial charge in [-0.15, -0.1) is 0 Å². The van der Waals surface area contributed by atoms with Crippen LogP contribution in [0.5, 0.6) is 0 Å². The van der Waals surface area contributed by atoms with Gasteiger partial charge in [0, 0.05) is 44.7 Å². The minimum atomic E-state index is -0.123. The van der Waals surface area contributed by atoms with Crippen LogP contribution in [0, 0.1) is 0 Å². The molecule has 1 aromatic rings. The predicted molar refractivity (Wildman–Crippen MR) is 96.4 cm³/mol. The van der Waals surface area contributed by atoms with Crippen molar-refractivity contribution in [2.45, 2.75) is 20.3 Å². The highest BCUT2D eigenvalue weighted by Crippen LogP contribution is 2.06. The molecule has 24 heavy (non-hydrogen) atoms. The lowest BCUT2D eigenvalue weighted by Crippen LogP contribution is -2.49. The highest BCUT2D eigenvalue weighted by molar-refractivity contribution is 5.97. The van der Waals surface area contributed by atoms with E-state index in [2.05, 4.69) is 17.1 Å². The van der Waals surface area contributed by atoms with E-state index in [0.717, 1.165) is 38.3 Å². The number of likely N-dealkylation sites (N-methyl/N-ethyl adjacent to an activating group) is 1. The summed E-state index contributed by atoms with van der Waals surface area (Å²) >= 11 is 0. The molecule has 0 unspecified atom stereocenters. The molecule has 1 N–H and O–H groups in total. The third-order valence-corrected chi connectivity index (χ3v) is 4.34. The number of piperazine rings is 1. The number of carbonyl (C=O) groups excluding carboxylic acids is 2. The van der Waals surface area contributed by atoms with E-state index >= 15 is 0 Å². The highest BCUT2D eigenvalue weighted by atomic mass is 16.2. The Balaban J connectivity index is 1.72. The summed E-state index contributed by atoms with van der Waals surface area (Å²) in [6.45, 7) is 8.78. The number of nitrogens with zero attached hydrogens (tertiary/aromatic N) is 2. The first kappa shape index (κ1) is 18.2. The summed E-state index contributed by atoms with van der Waals surface area (Å²) in [5.74, 6) is -0.00167. The zero-order chi connectivity index (χ0) is 17.4. The number of rotatable bonds is 6. The average Bonchev–Trinajstić information content (AvgIpc) is 2.62. The van der Waals surface area contributed by atoms with E-state index in [1.165, 1.54) is 0 Å². The van der Waals surface area contributed by atoms with E-state index in [0.29, 0.717) is 18.5 Å². The van der Waals surface area contributed by atoms with Crippen LogP contribution in [0.15, 0.2) is 35.9 Å². The lowest BCUT2D eigenvalue weighted by molar-refractivity contribution is -0.132. The van der Waals surface area contributed by atoms with Crippen LogP contribution in [0.2, 0.25) is 0 Å². The van der Waals surface area contributed by atoms with Crippen LogP contribution in [0.1, 0.15) is 25.8 Å². The lowest BCUT2D eigenvalue weighted by atomic mass is 10.1. The molecule has 1 aliphatic rings. The van der Waals surface area contributed by atoms with Crippen molar-refractivity contribution < 1.29 is 9.59 Å². The molecule has 1 saturated heterocycles. The first-order chi connectivity index (χ1) is 11.6. The van der Waals surface area contributed by atoms with Gasteiger partial charge in [-0.3, -0.25) is 9.59 Å². The van der Waals surface area contributed by atoms with Gasteiger partial charge in [0.1, 0.15) is 0 Å². The van der Waals surface area contributed by atoms with Gasteiger partial charge >= 0.3 is 0 Å². The van der Waals surface area contributed by atoms with Crippen molar-refractivity contribution in [1.82, 2.24) is 15.1 Å². The molecule has 0 saturated carbocycles. The molecule has 1 fully saturated rings. The molecule has 0 aromatic heterocycles. The molecule has 130 valence electrons. The van der Waals surface area contributed by atoms with Gasteiger partial charge in [0.2, 0.25) is 11.8 Å². The van der Waals surface area contributed by atoms with Gasteiger partial charge < -0.3 is 15.1 Å². The molecule has 0 bridgehead atoms. The second-order valence-electron chi connectivity index (χ2n) is 6.06. The van der Waals surface area contributed by atoms with Gasteiger partial charge in [-0.25, -0.2) is 0 Å². The second-order valence-corrected chi connectivity index (χ2v) is 6.06. The Morgan fingerprint density at radius 1 is 1.12 bits per heavy atom. The van der Waals surface area contributed by atoms with Crippen LogP contribution < -0.4 is 5.32 Å². The van der Waals surface area contributed by atoms with Gasteiger partial charge in [-0.2, -0.15) is 0 Å². The summed E-state index contributed by atoms with van der Waals surface area (Å²) in [6.07, 6.45) is 2.21. The van der Waals surface area contributed by atoms with Crippen LogP contribution in [0.25, 0.3) is 6.08 Å². The Morgan fingerprint density at radius 3 is 2.42 bits per heavy atom. The zero-order valence-corrected chi connectivity index (χ0v) is 14.6. The lowest BCUT2D eigenvalue weighted by Gasteiger charge is -2.34. The molecule has 2 amide bonds. The van der Waals surface area contributed by atoms with Crippen LogP contribution >= 0.6 is 0 Å². The smallest absolute Gasteiger partial charge is 0.246 e. The Labute approximate surface area is 144 Å². The molecule has 1 aliphatic heterocycles. The minimum Gasteiger partial charge on any atom is -0.352 e. The molecule has 0 radical (unpaired) electrons. The Kier molecular flexibility index (Phi) is 7.00. The Morgan fingerprint density at radius 2 is 1.79 bits per heavy atom. The fourth-order valence-electron chi connectivity index (χ4n) is 2.76. The number of hydrogen-bond donors (Lipinski definition) is 1. The number of hydrogen-bond acceptors (Lipinski definition) is 3. The van der Waals surface area contributed by atoms with E-state index in [1.807, 2.05) is 41.3 Å². The first-order valence-corrected chi connectivity index (χ1v) is 8.62. The maximum absolute atomic E-state index is 12.2. The summed E-state index contributed by atoms with van der Waals surface area (Å²) in [5, 5.41) is 2.83.